The number of fused-ring (bicyclic) bond motifs is 20. The molecule has 0 saturated carbocycles. The molecule has 0 aliphatic carbocycles. The molecule has 0 bridgehead atoms. The van der Waals surface area contributed by atoms with E-state index in [1.807, 2.05) is 42.5 Å². The summed E-state index contributed by atoms with van der Waals surface area (Å²) in [6.07, 6.45) is 0. The highest BCUT2D eigenvalue weighted by molar-refractivity contribution is 6.30. The molecular weight excluding hydrogens is 1080 g/mol. The minimum absolute atomic E-state index is 0.304. The number of nitrogens with zero attached hydrogens (tertiary/aromatic N) is 6. The predicted molar refractivity (Wildman–Crippen MR) is 360 cm³/mol. The number of para-hydroxylation sites is 6. The molecule has 19 aromatic rings. The molecule has 0 spiro atoms. The van der Waals surface area contributed by atoms with E-state index in [4.69, 9.17) is 13.7 Å². The van der Waals surface area contributed by atoms with Crippen molar-refractivity contribution in [2.75, 3.05) is 0 Å². The van der Waals surface area contributed by atoms with Crippen molar-refractivity contribution >= 4 is 137 Å². The monoisotopic (exact) mass is 1120 g/mol. The van der Waals surface area contributed by atoms with Gasteiger partial charge in [0.25, 0.3) is 0 Å². The first-order valence-electron chi connectivity index (χ1n) is 29.5. The molecule has 19 rings (SSSR count). The molecule has 0 radical (unpaired) electrons. The standard InChI is InChI=1S/C80H44N6O2/c1-82-76-77(85-62-32-16-10-26-53(62)72-66(85)40-42-70-74(72)55-28-12-18-34-68(55)87-70)59(46-81)78(83-60-30-14-8-24-51(60)57-44-49(36-38-64(57)83)47-20-4-2-5-21-47)80(79(76)84-61-31-15-9-25-52(61)58-45-50(37-39-65(58)84)48-22-6-3-7-23-48)86-63-33-17-11-27-54(63)73-67(86)41-43-71-75(73)56-29-13-19-35-69(56)88-71/h2-45H. The van der Waals surface area contributed by atoms with Crippen molar-refractivity contribution in [3.63, 3.8) is 0 Å². The first-order valence-corrected chi connectivity index (χ1v) is 29.5. The molecule has 13 aromatic carbocycles. The second-order valence-electron chi connectivity index (χ2n) is 22.8. The first-order chi connectivity index (χ1) is 43.6. The lowest BCUT2D eigenvalue weighted by atomic mass is 10.0. The zero-order chi connectivity index (χ0) is 57.9. The van der Waals surface area contributed by atoms with E-state index in [1.165, 1.54) is 0 Å². The lowest BCUT2D eigenvalue weighted by molar-refractivity contribution is 0.669. The lowest BCUT2D eigenvalue weighted by Crippen LogP contribution is -2.14. The molecule has 6 aromatic heterocycles. The summed E-state index contributed by atoms with van der Waals surface area (Å²) in [6.45, 7) is 10.1. The minimum Gasteiger partial charge on any atom is -0.456 e. The Labute approximate surface area is 501 Å². The Balaban J connectivity index is 1.09. The summed E-state index contributed by atoms with van der Waals surface area (Å²) in [5.41, 5.74) is 17.5. The van der Waals surface area contributed by atoms with Crippen LogP contribution < -0.4 is 0 Å². The number of nitriles is 1. The molecule has 6 heterocycles. The summed E-state index contributed by atoms with van der Waals surface area (Å²) in [5.74, 6) is 0. The van der Waals surface area contributed by atoms with Crippen molar-refractivity contribution in [3.05, 3.63) is 284 Å². The van der Waals surface area contributed by atoms with E-state index in [0.29, 0.717) is 34.0 Å². The number of rotatable bonds is 6. The van der Waals surface area contributed by atoms with Crippen LogP contribution in [0.4, 0.5) is 5.69 Å². The fraction of sp³-hybridized carbons (Fsp3) is 0. The molecule has 8 nitrogen and oxygen atoms in total. The van der Waals surface area contributed by atoms with Gasteiger partial charge in [-0.1, -0.05) is 182 Å². The number of hydrogen-bond donors (Lipinski definition) is 0. The Kier molecular flexibility index (Phi) is 9.87. The Morgan fingerprint density at radius 3 is 1.11 bits per heavy atom. The SMILES string of the molecule is [C-]#[N+]c1c(-n2c3ccccc3c3cc(-c4ccccc4)ccc32)c(-n2c3ccccc3c3c4c(ccc32)oc2ccccc24)c(-n2c3ccccc3c3cc(-c4ccccc4)ccc32)c(C#N)c1-n1c2ccccc2c2c3c(ccc21)oc1ccccc13. The number of hydrogen-bond acceptors (Lipinski definition) is 3. The van der Waals surface area contributed by atoms with Gasteiger partial charge in [0.15, 0.2) is 0 Å². The number of benzene rings is 13. The fourth-order valence-corrected chi connectivity index (χ4v) is 14.8. The van der Waals surface area contributed by atoms with E-state index in [0.717, 1.165) is 153 Å². The normalized spacial score (nSPS) is 12.1. The first kappa shape index (κ1) is 48.1. The lowest BCUT2D eigenvalue weighted by Gasteiger charge is -2.27. The van der Waals surface area contributed by atoms with Crippen molar-refractivity contribution in [3.8, 4) is 51.1 Å². The topological polar surface area (TPSA) is 74.2 Å². The quantitative estimate of drug-likeness (QED) is 0.156. The maximum atomic E-state index is 12.9. The van der Waals surface area contributed by atoms with Gasteiger partial charge in [0, 0.05) is 64.6 Å². The maximum absolute atomic E-state index is 12.9. The number of aromatic nitrogens is 4. The predicted octanol–water partition coefficient (Wildman–Crippen LogP) is 21.6. The third-order valence-electron chi connectivity index (χ3n) is 18.4. The van der Waals surface area contributed by atoms with E-state index < -0.39 is 0 Å². The van der Waals surface area contributed by atoms with Gasteiger partial charge < -0.3 is 27.1 Å². The Bertz CT molecular complexity index is 6130. The van der Waals surface area contributed by atoms with Gasteiger partial charge in [-0.05, 0) is 107 Å². The second kappa shape index (κ2) is 18.1. The van der Waals surface area contributed by atoms with E-state index in [1.54, 1.807) is 0 Å². The fourth-order valence-electron chi connectivity index (χ4n) is 14.8. The molecular formula is C80H44N6O2. The largest absolute Gasteiger partial charge is 0.456 e. The summed E-state index contributed by atoms with van der Waals surface area (Å²) in [6, 6.07) is 96.2. The number of furan rings is 2. The van der Waals surface area contributed by atoms with Crippen molar-refractivity contribution in [2.24, 2.45) is 0 Å². The third kappa shape index (κ3) is 6.44. The van der Waals surface area contributed by atoms with Crippen molar-refractivity contribution in [1.82, 2.24) is 18.3 Å². The molecule has 0 atom stereocenters. The minimum atomic E-state index is 0.304. The van der Waals surface area contributed by atoms with Gasteiger partial charge in [-0.15, -0.1) is 0 Å². The highest BCUT2D eigenvalue weighted by Crippen LogP contribution is 2.54. The van der Waals surface area contributed by atoms with Gasteiger partial charge in [-0.2, -0.15) is 5.26 Å². The van der Waals surface area contributed by atoms with Gasteiger partial charge in [0.2, 0.25) is 5.69 Å². The van der Waals surface area contributed by atoms with E-state index >= 15 is 0 Å². The van der Waals surface area contributed by atoms with Gasteiger partial charge in [0.05, 0.1) is 79.0 Å². The third-order valence-corrected chi connectivity index (χ3v) is 18.4. The average molecular weight is 1120 g/mol. The zero-order valence-electron chi connectivity index (χ0n) is 46.9. The molecule has 0 N–H and O–H groups in total. The highest BCUT2D eigenvalue weighted by Gasteiger charge is 2.35. The van der Waals surface area contributed by atoms with Crippen LogP contribution >= 0.6 is 0 Å². The molecule has 0 unspecified atom stereocenters. The second-order valence-corrected chi connectivity index (χ2v) is 22.8. The van der Waals surface area contributed by atoms with Gasteiger partial charge in [0.1, 0.15) is 28.4 Å². The summed E-state index contributed by atoms with van der Waals surface area (Å²) >= 11 is 0. The van der Waals surface area contributed by atoms with Gasteiger partial charge >= 0.3 is 0 Å². The maximum Gasteiger partial charge on any atom is 0.237 e. The zero-order valence-corrected chi connectivity index (χ0v) is 46.9. The summed E-state index contributed by atoms with van der Waals surface area (Å²) < 4.78 is 22.5. The summed E-state index contributed by atoms with van der Waals surface area (Å²) in [4.78, 5) is 4.89. The smallest absolute Gasteiger partial charge is 0.237 e. The molecule has 0 saturated heterocycles. The van der Waals surface area contributed by atoms with Crippen LogP contribution in [0.25, 0.3) is 181 Å². The molecule has 0 amide bonds. The van der Waals surface area contributed by atoms with E-state index in [9.17, 15) is 11.8 Å². The Morgan fingerprint density at radius 1 is 0.284 bits per heavy atom. The van der Waals surface area contributed by atoms with E-state index in [-0.39, 0.29) is 0 Å². The van der Waals surface area contributed by atoms with Gasteiger partial charge in [-0.3, -0.25) is 0 Å². The van der Waals surface area contributed by atoms with Crippen LogP contribution in [0.15, 0.2) is 276 Å². The van der Waals surface area contributed by atoms with Crippen LogP contribution in [-0.2, 0) is 0 Å². The molecule has 0 aliphatic rings. The molecule has 0 fully saturated rings. The van der Waals surface area contributed by atoms with Crippen LogP contribution in [0.1, 0.15) is 5.56 Å². The van der Waals surface area contributed by atoms with Crippen LogP contribution in [-0.4, -0.2) is 18.3 Å². The van der Waals surface area contributed by atoms with Crippen LogP contribution in [0.5, 0.6) is 0 Å². The molecule has 406 valence electrons. The summed E-state index contributed by atoms with van der Waals surface area (Å²) in [7, 11) is 0. The van der Waals surface area contributed by atoms with Crippen LogP contribution in [0.2, 0.25) is 0 Å². The Hall–Kier alpha value is -12.4. The molecule has 0 aliphatic heterocycles. The van der Waals surface area contributed by atoms with Gasteiger partial charge in [-0.25, -0.2) is 4.85 Å². The summed E-state index contributed by atoms with van der Waals surface area (Å²) in [5, 5.41) is 24.9. The van der Waals surface area contributed by atoms with E-state index in [2.05, 4.69) is 249 Å². The van der Waals surface area contributed by atoms with Crippen LogP contribution in [0, 0.1) is 17.9 Å². The molecule has 88 heavy (non-hydrogen) atoms. The van der Waals surface area contributed by atoms with Crippen molar-refractivity contribution in [1.29, 1.82) is 5.26 Å². The van der Waals surface area contributed by atoms with Crippen LogP contribution in [0.3, 0.4) is 0 Å². The average Bonchev–Trinajstić information content (AvgIpc) is 1.51. The van der Waals surface area contributed by atoms with Crippen molar-refractivity contribution in [2.45, 2.75) is 0 Å². The molecule has 8 heteroatoms. The Morgan fingerprint density at radius 2 is 0.648 bits per heavy atom. The highest BCUT2D eigenvalue weighted by atomic mass is 16.3. The van der Waals surface area contributed by atoms with Crippen molar-refractivity contribution < 1.29 is 8.83 Å².